The van der Waals surface area contributed by atoms with Crippen molar-refractivity contribution in [2.24, 2.45) is 0 Å². The van der Waals surface area contributed by atoms with E-state index in [9.17, 15) is 0 Å². The van der Waals surface area contributed by atoms with Crippen molar-refractivity contribution in [1.82, 2.24) is 0 Å². The maximum absolute atomic E-state index is 2.37. The molecule has 1 unspecified atom stereocenters. The number of fused-ring (bicyclic) bond motifs is 4. The molecule has 0 aliphatic heterocycles. The number of aryl methyl sites for hydroxylation is 1. The van der Waals surface area contributed by atoms with Crippen LogP contribution in [-0.2, 0) is 11.8 Å². The lowest BCUT2D eigenvalue weighted by molar-refractivity contribution is 0.501. The van der Waals surface area contributed by atoms with Gasteiger partial charge in [0.2, 0.25) is 0 Å². The van der Waals surface area contributed by atoms with Crippen LogP contribution in [-0.4, -0.2) is 0 Å². The van der Waals surface area contributed by atoms with Crippen molar-refractivity contribution in [1.29, 1.82) is 0 Å². The number of rotatable bonds is 2. The van der Waals surface area contributed by atoms with Gasteiger partial charge >= 0.3 is 0 Å². The van der Waals surface area contributed by atoms with Crippen molar-refractivity contribution in [2.45, 2.75) is 24.7 Å². The minimum Gasteiger partial charge on any atom is -0.0622 e. The van der Waals surface area contributed by atoms with E-state index in [1.807, 2.05) is 0 Å². The molecule has 0 saturated carbocycles. The fourth-order valence-corrected chi connectivity index (χ4v) is 5.70. The van der Waals surface area contributed by atoms with Gasteiger partial charge in [-0.05, 0) is 63.1 Å². The van der Waals surface area contributed by atoms with Crippen LogP contribution < -0.4 is 0 Å². The Bertz CT molecular complexity index is 1360. The van der Waals surface area contributed by atoms with Crippen LogP contribution in [0.3, 0.4) is 0 Å². The van der Waals surface area contributed by atoms with E-state index in [-0.39, 0.29) is 5.41 Å². The molecule has 0 amide bonds. The normalized spacial score (nSPS) is 18.4. The maximum atomic E-state index is 2.37. The van der Waals surface area contributed by atoms with Crippen LogP contribution in [0.1, 0.15) is 35.1 Å². The van der Waals surface area contributed by atoms with Crippen molar-refractivity contribution >= 4 is 21.5 Å². The monoisotopic (exact) mass is 384 g/mol. The van der Waals surface area contributed by atoms with Gasteiger partial charge in [-0.2, -0.15) is 0 Å². The average Bonchev–Trinajstić information content (AvgIpc) is 2.84. The fourth-order valence-electron chi connectivity index (χ4n) is 5.70. The summed E-state index contributed by atoms with van der Waals surface area (Å²) in [5.41, 5.74) is 5.69. The van der Waals surface area contributed by atoms with Gasteiger partial charge in [0.05, 0.1) is 0 Å². The van der Waals surface area contributed by atoms with E-state index >= 15 is 0 Å². The Kier molecular flexibility index (Phi) is 3.99. The zero-order valence-electron chi connectivity index (χ0n) is 17.0. The molecule has 0 N–H and O–H groups in total. The molecule has 0 bridgehead atoms. The third kappa shape index (κ3) is 2.47. The second-order valence-corrected chi connectivity index (χ2v) is 8.47. The molecular weight excluding hydrogens is 360 g/mol. The zero-order valence-corrected chi connectivity index (χ0v) is 17.0. The van der Waals surface area contributed by atoms with Gasteiger partial charge in [0, 0.05) is 5.41 Å². The minimum absolute atomic E-state index is 0.113. The molecule has 1 atom stereocenters. The summed E-state index contributed by atoms with van der Waals surface area (Å²) < 4.78 is 0. The Morgan fingerprint density at radius 2 is 1.23 bits per heavy atom. The first-order chi connectivity index (χ1) is 14.9. The van der Waals surface area contributed by atoms with Gasteiger partial charge in [0.15, 0.2) is 0 Å². The molecular formula is C30H24. The Balaban J connectivity index is 1.75. The van der Waals surface area contributed by atoms with Gasteiger partial charge < -0.3 is 0 Å². The fraction of sp³-hybridized carbons (Fsp3) is 0.133. The van der Waals surface area contributed by atoms with Crippen LogP contribution in [0.15, 0.2) is 109 Å². The highest BCUT2D eigenvalue weighted by atomic mass is 14.4. The second-order valence-electron chi connectivity index (χ2n) is 8.47. The van der Waals surface area contributed by atoms with Crippen LogP contribution in [0.5, 0.6) is 0 Å². The van der Waals surface area contributed by atoms with E-state index in [1.54, 1.807) is 0 Å². The quantitative estimate of drug-likeness (QED) is 0.274. The van der Waals surface area contributed by atoms with Gasteiger partial charge in [0.1, 0.15) is 0 Å². The highest BCUT2D eigenvalue weighted by molar-refractivity contribution is 6.09. The first-order valence-corrected chi connectivity index (χ1v) is 10.9. The summed E-state index contributed by atoms with van der Waals surface area (Å²) >= 11 is 0. The molecule has 6 rings (SSSR count). The lowest BCUT2D eigenvalue weighted by atomic mass is 9.61. The van der Waals surface area contributed by atoms with E-state index < -0.39 is 0 Å². The third-order valence-electron chi connectivity index (χ3n) is 6.99. The van der Waals surface area contributed by atoms with Gasteiger partial charge in [-0.25, -0.2) is 0 Å². The molecule has 0 nitrogen and oxygen atoms in total. The lowest BCUT2D eigenvalue weighted by Crippen LogP contribution is -2.33. The maximum Gasteiger partial charge on any atom is 0.0460 e. The molecule has 144 valence electrons. The van der Waals surface area contributed by atoms with E-state index in [0.717, 1.165) is 6.42 Å². The first kappa shape index (κ1) is 17.5. The molecule has 1 aliphatic carbocycles. The van der Waals surface area contributed by atoms with Crippen LogP contribution in [0, 0.1) is 0 Å². The van der Waals surface area contributed by atoms with E-state index in [2.05, 4.69) is 109 Å². The first-order valence-electron chi connectivity index (χ1n) is 10.9. The summed E-state index contributed by atoms with van der Waals surface area (Å²) in [4.78, 5) is 0. The van der Waals surface area contributed by atoms with Gasteiger partial charge in [-0.15, -0.1) is 0 Å². The predicted octanol–water partition coefficient (Wildman–Crippen LogP) is 7.66. The number of hydrogen-bond donors (Lipinski definition) is 0. The molecule has 0 fully saturated rings. The van der Waals surface area contributed by atoms with Crippen molar-refractivity contribution < 1.29 is 0 Å². The van der Waals surface area contributed by atoms with Gasteiger partial charge in [-0.1, -0.05) is 109 Å². The highest BCUT2D eigenvalue weighted by Gasteiger charge is 2.40. The molecule has 1 aliphatic rings. The van der Waals surface area contributed by atoms with Crippen LogP contribution in [0.2, 0.25) is 0 Å². The van der Waals surface area contributed by atoms with Gasteiger partial charge in [-0.3, -0.25) is 0 Å². The predicted molar refractivity (Wildman–Crippen MR) is 127 cm³/mol. The van der Waals surface area contributed by atoms with E-state index in [4.69, 9.17) is 0 Å². The summed E-state index contributed by atoms with van der Waals surface area (Å²) in [7, 11) is 0. The minimum atomic E-state index is -0.113. The Labute approximate surface area is 177 Å². The molecule has 0 heteroatoms. The Hall–Kier alpha value is -3.38. The van der Waals surface area contributed by atoms with Crippen LogP contribution >= 0.6 is 0 Å². The Morgan fingerprint density at radius 3 is 2.17 bits per heavy atom. The summed E-state index contributed by atoms with van der Waals surface area (Å²) in [6, 6.07) is 40.5. The van der Waals surface area contributed by atoms with Crippen molar-refractivity contribution in [3.05, 3.63) is 131 Å². The van der Waals surface area contributed by atoms with E-state index in [0.29, 0.717) is 0 Å². The van der Waals surface area contributed by atoms with Crippen molar-refractivity contribution in [3.63, 3.8) is 0 Å². The van der Waals surface area contributed by atoms with Crippen molar-refractivity contribution in [2.75, 3.05) is 0 Å². The standard InChI is InChI=1S/C30H24/c1-2-13-24(14-3-1)30(21-9-12-23-11-5-7-17-28(23)30)29-18-8-16-26-25-15-6-4-10-22(25)19-20-27(26)29/h1-8,10-11,13-20H,9,12,21H2. The molecule has 0 radical (unpaired) electrons. The number of hydrogen-bond acceptors (Lipinski definition) is 0. The number of benzene rings is 5. The lowest BCUT2D eigenvalue weighted by Gasteiger charge is -2.41. The average molecular weight is 385 g/mol. The summed E-state index contributed by atoms with van der Waals surface area (Å²) in [5, 5.41) is 5.37. The zero-order chi connectivity index (χ0) is 20.0. The Morgan fingerprint density at radius 1 is 0.500 bits per heavy atom. The molecule has 5 aromatic carbocycles. The highest BCUT2D eigenvalue weighted by Crippen LogP contribution is 2.49. The van der Waals surface area contributed by atoms with Crippen molar-refractivity contribution in [3.8, 4) is 0 Å². The summed E-state index contributed by atoms with van der Waals surface area (Å²) in [6.45, 7) is 0. The topological polar surface area (TPSA) is 0 Å². The van der Waals surface area contributed by atoms with Crippen LogP contribution in [0.25, 0.3) is 21.5 Å². The smallest absolute Gasteiger partial charge is 0.0460 e. The largest absolute Gasteiger partial charge is 0.0622 e. The SMILES string of the molecule is c1ccc(C2(c3cccc4c3ccc3ccccc34)CCCc3ccccc32)cc1. The van der Waals surface area contributed by atoms with Gasteiger partial charge in [0.25, 0.3) is 0 Å². The molecule has 30 heavy (non-hydrogen) atoms. The molecule has 0 heterocycles. The second kappa shape index (κ2) is 6.85. The van der Waals surface area contributed by atoms with Crippen LogP contribution in [0.4, 0.5) is 0 Å². The summed E-state index contributed by atoms with van der Waals surface area (Å²) in [6.07, 6.45) is 3.51. The summed E-state index contributed by atoms with van der Waals surface area (Å²) in [5.74, 6) is 0. The molecule has 0 aromatic heterocycles. The molecule has 0 saturated heterocycles. The third-order valence-corrected chi connectivity index (χ3v) is 6.99. The molecule has 5 aromatic rings. The molecule has 0 spiro atoms. The van der Waals surface area contributed by atoms with E-state index in [1.165, 1.54) is 56.6 Å².